The maximum atomic E-state index is 12.1. The Balaban J connectivity index is 2.46. The van der Waals surface area contributed by atoms with Crippen molar-refractivity contribution >= 4 is 11.9 Å². The van der Waals surface area contributed by atoms with Crippen LogP contribution >= 0.6 is 0 Å². The molecule has 5 nitrogen and oxygen atoms in total. The summed E-state index contributed by atoms with van der Waals surface area (Å²) in [6, 6.07) is 0. The zero-order valence-corrected chi connectivity index (χ0v) is 10.7. The first-order chi connectivity index (χ1) is 8.14. The van der Waals surface area contributed by atoms with Crippen molar-refractivity contribution in [1.29, 1.82) is 0 Å². The molecular formula is C12H22N2O3. The zero-order chi connectivity index (χ0) is 12.7. The number of hydrogen-bond donors (Lipinski definition) is 2. The number of carbonyl (C=O) groups is 2. The summed E-state index contributed by atoms with van der Waals surface area (Å²) < 4.78 is 4.77. The second-order valence-electron chi connectivity index (χ2n) is 4.35. The molecule has 98 valence electrons. The highest BCUT2D eigenvalue weighted by atomic mass is 16.5. The first kappa shape index (κ1) is 14.0. The normalized spacial score (nSPS) is 23.4. The van der Waals surface area contributed by atoms with E-state index in [0.29, 0.717) is 6.61 Å². The summed E-state index contributed by atoms with van der Waals surface area (Å²) in [5.74, 6) is -0.463. The lowest BCUT2D eigenvalue weighted by Crippen LogP contribution is -2.54. The van der Waals surface area contributed by atoms with Crippen molar-refractivity contribution in [1.82, 2.24) is 10.6 Å². The van der Waals surface area contributed by atoms with Gasteiger partial charge in [-0.3, -0.25) is 9.59 Å². The molecule has 0 spiro atoms. The average Bonchev–Trinajstić information content (AvgIpc) is 2.77. The summed E-state index contributed by atoms with van der Waals surface area (Å²) in [6.07, 6.45) is 3.60. The lowest BCUT2D eigenvalue weighted by atomic mass is 9.91. The molecule has 1 amide bonds. The van der Waals surface area contributed by atoms with Gasteiger partial charge in [-0.25, -0.2) is 0 Å². The molecule has 0 radical (unpaired) electrons. The molecule has 0 aromatic rings. The first-order valence-electron chi connectivity index (χ1n) is 6.33. The topological polar surface area (TPSA) is 67.4 Å². The van der Waals surface area contributed by atoms with Crippen LogP contribution in [0.3, 0.4) is 0 Å². The summed E-state index contributed by atoms with van der Waals surface area (Å²) in [5, 5.41) is 5.92. The molecule has 17 heavy (non-hydrogen) atoms. The Labute approximate surface area is 102 Å². The SMILES string of the molecule is CCCC1(C(=O)NCC(=O)OCC)CCCN1. The summed E-state index contributed by atoms with van der Waals surface area (Å²) in [4.78, 5) is 23.3. The van der Waals surface area contributed by atoms with Crippen molar-refractivity contribution in [3.05, 3.63) is 0 Å². The fraction of sp³-hybridized carbons (Fsp3) is 0.833. The van der Waals surface area contributed by atoms with Crippen LogP contribution in [0.2, 0.25) is 0 Å². The molecule has 0 aliphatic carbocycles. The molecule has 2 N–H and O–H groups in total. The molecular weight excluding hydrogens is 220 g/mol. The smallest absolute Gasteiger partial charge is 0.325 e. The maximum Gasteiger partial charge on any atom is 0.325 e. The van der Waals surface area contributed by atoms with Crippen LogP contribution in [0.4, 0.5) is 0 Å². The summed E-state index contributed by atoms with van der Waals surface area (Å²) in [6.45, 7) is 4.97. The van der Waals surface area contributed by atoms with E-state index in [0.717, 1.165) is 32.2 Å². The largest absolute Gasteiger partial charge is 0.465 e. The fourth-order valence-corrected chi connectivity index (χ4v) is 2.29. The van der Waals surface area contributed by atoms with Crippen molar-refractivity contribution in [2.75, 3.05) is 19.7 Å². The molecule has 0 aromatic carbocycles. The minimum atomic E-state index is -0.471. The maximum absolute atomic E-state index is 12.1. The molecule has 0 bridgehead atoms. The van der Waals surface area contributed by atoms with E-state index in [1.807, 2.05) is 0 Å². The lowest BCUT2D eigenvalue weighted by molar-refractivity contribution is -0.144. The molecule has 1 aliphatic heterocycles. The van der Waals surface area contributed by atoms with Crippen molar-refractivity contribution in [3.8, 4) is 0 Å². The van der Waals surface area contributed by atoms with Gasteiger partial charge >= 0.3 is 5.97 Å². The second kappa shape index (κ2) is 6.59. The third-order valence-electron chi connectivity index (χ3n) is 3.05. The molecule has 5 heteroatoms. The Morgan fingerprint density at radius 2 is 2.18 bits per heavy atom. The van der Waals surface area contributed by atoms with E-state index < -0.39 is 5.54 Å². The average molecular weight is 242 g/mol. The third-order valence-corrected chi connectivity index (χ3v) is 3.05. The Kier molecular flexibility index (Phi) is 5.41. The Hall–Kier alpha value is -1.10. The van der Waals surface area contributed by atoms with Crippen LogP contribution in [-0.4, -0.2) is 37.1 Å². The van der Waals surface area contributed by atoms with E-state index in [9.17, 15) is 9.59 Å². The minimum absolute atomic E-state index is 0.0418. The van der Waals surface area contributed by atoms with Gasteiger partial charge in [0.05, 0.1) is 12.1 Å². The highest BCUT2D eigenvalue weighted by Gasteiger charge is 2.39. The lowest BCUT2D eigenvalue weighted by Gasteiger charge is -2.27. The molecule has 1 atom stereocenters. The van der Waals surface area contributed by atoms with Crippen LogP contribution in [0.25, 0.3) is 0 Å². The Morgan fingerprint density at radius 3 is 2.71 bits per heavy atom. The number of hydrogen-bond acceptors (Lipinski definition) is 4. The monoisotopic (exact) mass is 242 g/mol. The summed E-state index contributed by atoms with van der Waals surface area (Å²) >= 11 is 0. The van der Waals surface area contributed by atoms with Gasteiger partial charge in [0.25, 0.3) is 0 Å². The quantitative estimate of drug-likeness (QED) is 0.669. The van der Waals surface area contributed by atoms with Crippen LogP contribution in [0.5, 0.6) is 0 Å². The third kappa shape index (κ3) is 3.70. The Bertz CT molecular complexity index is 273. The van der Waals surface area contributed by atoms with Gasteiger partial charge in [0.2, 0.25) is 5.91 Å². The van der Waals surface area contributed by atoms with Crippen LogP contribution < -0.4 is 10.6 Å². The van der Waals surface area contributed by atoms with Crippen molar-refractivity contribution in [3.63, 3.8) is 0 Å². The molecule has 1 saturated heterocycles. The van der Waals surface area contributed by atoms with Gasteiger partial charge in [-0.1, -0.05) is 13.3 Å². The summed E-state index contributed by atoms with van der Waals surface area (Å²) in [7, 11) is 0. The number of esters is 1. The standard InChI is InChI=1S/C12H22N2O3/c1-3-6-12(7-5-8-14-12)11(16)13-9-10(15)17-4-2/h14H,3-9H2,1-2H3,(H,13,16). The van der Waals surface area contributed by atoms with E-state index in [2.05, 4.69) is 17.6 Å². The Morgan fingerprint density at radius 1 is 1.41 bits per heavy atom. The van der Waals surface area contributed by atoms with Crippen molar-refractivity contribution < 1.29 is 14.3 Å². The van der Waals surface area contributed by atoms with E-state index in [1.54, 1.807) is 6.92 Å². The van der Waals surface area contributed by atoms with Gasteiger partial charge in [0, 0.05) is 0 Å². The van der Waals surface area contributed by atoms with Gasteiger partial charge in [-0.2, -0.15) is 0 Å². The highest BCUT2D eigenvalue weighted by molar-refractivity contribution is 5.89. The molecule has 1 heterocycles. The van der Waals surface area contributed by atoms with Crippen LogP contribution in [0, 0.1) is 0 Å². The number of ether oxygens (including phenoxy) is 1. The molecule has 1 aliphatic rings. The molecule has 1 unspecified atom stereocenters. The minimum Gasteiger partial charge on any atom is -0.465 e. The predicted molar refractivity (Wildman–Crippen MR) is 64.5 cm³/mol. The van der Waals surface area contributed by atoms with Crippen LogP contribution in [0.1, 0.15) is 39.5 Å². The number of nitrogens with one attached hydrogen (secondary N) is 2. The zero-order valence-electron chi connectivity index (χ0n) is 10.7. The molecule has 1 rings (SSSR count). The van der Waals surface area contributed by atoms with Crippen LogP contribution in [-0.2, 0) is 14.3 Å². The predicted octanol–water partition coefficient (Wildman–Crippen LogP) is 0.588. The second-order valence-corrected chi connectivity index (χ2v) is 4.35. The van der Waals surface area contributed by atoms with E-state index >= 15 is 0 Å². The van der Waals surface area contributed by atoms with E-state index in [4.69, 9.17) is 4.74 Å². The van der Waals surface area contributed by atoms with Crippen molar-refractivity contribution in [2.24, 2.45) is 0 Å². The number of rotatable bonds is 6. The van der Waals surface area contributed by atoms with Gasteiger partial charge in [-0.05, 0) is 32.7 Å². The van der Waals surface area contributed by atoms with Gasteiger partial charge < -0.3 is 15.4 Å². The van der Waals surface area contributed by atoms with Gasteiger partial charge in [-0.15, -0.1) is 0 Å². The van der Waals surface area contributed by atoms with Gasteiger partial charge in [0.1, 0.15) is 6.54 Å². The fourth-order valence-electron chi connectivity index (χ4n) is 2.29. The van der Waals surface area contributed by atoms with Gasteiger partial charge in [0.15, 0.2) is 0 Å². The number of amides is 1. The first-order valence-corrected chi connectivity index (χ1v) is 6.33. The van der Waals surface area contributed by atoms with Crippen molar-refractivity contribution in [2.45, 2.75) is 45.1 Å². The molecule has 0 aromatic heterocycles. The summed E-state index contributed by atoms with van der Waals surface area (Å²) in [5.41, 5.74) is -0.471. The molecule has 1 fully saturated rings. The van der Waals surface area contributed by atoms with E-state index in [1.165, 1.54) is 0 Å². The van der Waals surface area contributed by atoms with E-state index in [-0.39, 0.29) is 18.4 Å². The highest BCUT2D eigenvalue weighted by Crippen LogP contribution is 2.24. The molecule has 0 saturated carbocycles. The number of carbonyl (C=O) groups excluding carboxylic acids is 2. The van der Waals surface area contributed by atoms with Crippen LogP contribution in [0.15, 0.2) is 0 Å².